The SMILES string of the molecule is COc1cc(C(F)F)c(OC2CCC(C)(C(=O)OCc3cccc4ccccc34)CC2)cc1CO. The second-order valence-electron chi connectivity index (χ2n) is 9.25. The third kappa shape index (κ3) is 5.40. The number of methoxy groups -OCH3 is 1. The van der Waals surface area contributed by atoms with Crippen LogP contribution in [0.4, 0.5) is 8.78 Å². The van der Waals surface area contributed by atoms with Crippen LogP contribution in [0, 0.1) is 5.41 Å². The van der Waals surface area contributed by atoms with Gasteiger partial charge in [-0.25, -0.2) is 8.78 Å². The van der Waals surface area contributed by atoms with Gasteiger partial charge in [-0.15, -0.1) is 0 Å². The molecule has 7 heteroatoms. The van der Waals surface area contributed by atoms with Crippen molar-refractivity contribution in [1.29, 1.82) is 0 Å². The van der Waals surface area contributed by atoms with Crippen molar-refractivity contribution in [2.45, 2.75) is 58.4 Å². The van der Waals surface area contributed by atoms with Crippen molar-refractivity contribution >= 4 is 16.7 Å². The van der Waals surface area contributed by atoms with Crippen molar-refractivity contribution < 1.29 is 32.9 Å². The van der Waals surface area contributed by atoms with Crippen LogP contribution in [-0.2, 0) is 22.7 Å². The van der Waals surface area contributed by atoms with Crippen LogP contribution in [0.15, 0.2) is 54.6 Å². The Morgan fingerprint density at radius 3 is 2.46 bits per heavy atom. The first-order chi connectivity index (χ1) is 16.8. The van der Waals surface area contributed by atoms with Crippen LogP contribution < -0.4 is 9.47 Å². The molecule has 0 amide bonds. The molecule has 0 bridgehead atoms. The summed E-state index contributed by atoms with van der Waals surface area (Å²) in [5.74, 6) is -0.0264. The van der Waals surface area contributed by atoms with Crippen molar-refractivity contribution in [1.82, 2.24) is 0 Å². The van der Waals surface area contributed by atoms with Crippen molar-refractivity contribution in [3.63, 3.8) is 0 Å². The van der Waals surface area contributed by atoms with Crippen LogP contribution in [0.5, 0.6) is 11.5 Å². The average Bonchev–Trinajstić information content (AvgIpc) is 2.88. The van der Waals surface area contributed by atoms with Gasteiger partial charge in [-0.05, 0) is 61.1 Å². The number of fused-ring (bicyclic) bond motifs is 1. The summed E-state index contributed by atoms with van der Waals surface area (Å²) in [6, 6.07) is 16.5. The summed E-state index contributed by atoms with van der Waals surface area (Å²) in [7, 11) is 1.37. The normalized spacial score (nSPS) is 20.1. The van der Waals surface area contributed by atoms with E-state index in [1.54, 1.807) is 0 Å². The van der Waals surface area contributed by atoms with Crippen LogP contribution >= 0.6 is 0 Å². The molecule has 0 aliphatic heterocycles. The number of carbonyl (C=O) groups is 1. The topological polar surface area (TPSA) is 65.0 Å². The quantitative estimate of drug-likeness (QED) is 0.378. The minimum absolute atomic E-state index is 0.0389. The summed E-state index contributed by atoms with van der Waals surface area (Å²) >= 11 is 0. The maximum atomic E-state index is 13.6. The highest BCUT2D eigenvalue weighted by Crippen LogP contribution is 2.41. The van der Waals surface area contributed by atoms with Gasteiger partial charge in [-0.2, -0.15) is 0 Å². The lowest BCUT2D eigenvalue weighted by molar-refractivity contribution is -0.159. The Morgan fingerprint density at radius 1 is 1.06 bits per heavy atom. The second-order valence-corrected chi connectivity index (χ2v) is 9.25. The molecule has 0 radical (unpaired) electrons. The Balaban J connectivity index is 1.39. The predicted molar refractivity (Wildman–Crippen MR) is 129 cm³/mol. The lowest BCUT2D eigenvalue weighted by Crippen LogP contribution is -2.37. The van der Waals surface area contributed by atoms with Crippen LogP contribution in [0.3, 0.4) is 0 Å². The Labute approximate surface area is 203 Å². The summed E-state index contributed by atoms with van der Waals surface area (Å²) in [5, 5.41) is 11.7. The number of benzene rings is 3. The fourth-order valence-corrected chi connectivity index (χ4v) is 4.67. The molecule has 1 N–H and O–H groups in total. The minimum atomic E-state index is -2.75. The zero-order valence-electron chi connectivity index (χ0n) is 19.9. The molecule has 1 aliphatic carbocycles. The summed E-state index contributed by atoms with van der Waals surface area (Å²) < 4.78 is 44.0. The van der Waals surface area contributed by atoms with Crippen molar-refractivity contribution in [3.05, 3.63) is 71.3 Å². The number of alkyl halides is 2. The van der Waals surface area contributed by atoms with Gasteiger partial charge < -0.3 is 19.3 Å². The number of aliphatic hydroxyl groups is 1. The van der Waals surface area contributed by atoms with E-state index in [0.717, 1.165) is 16.3 Å². The first-order valence-corrected chi connectivity index (χ1v) is 11.7. The molecule has 3 aromatic rings. The molecule has 186 valence electrons. The van der Waals surface area contributed by atoms with Crippen LogP contribution in [0.2, 0.25) is 0 Å². The zero-order chi connectivity index (χ0) is 25.0. The molecule has 3 aromatic carbocycles. The largest absolute Gasteiger partial charge is 0.496 e. The minimum Gasteiger partial charge on any atom is -0.496 e. The third-order valence-electron chi connectivity index (χ3n) is 6.88. The second kappa shape index (κ2) is 10.6. The highest BCUT2D eigenvalue weighted by Gasteiger charge is 2.40. The van der Waals surface area contributed by atoms with Gasteiger partial charge in [0.15, 0.2) is 0 Å². The molecule has 1 aliphatic rings. The summed E-state index contributed by atoms with van der Waals surface area (Å²) in [6.45, 7) is 1.73. The summed E-state index contributed by atoms with van der Waals surface area (Å²) in [4.78, 5) is 13.0. The fraction of sp³-hybridized carbons (Fsp3) is 0.393. The van der Waals surface area contributed by atoms with Crippen molar-refractivity contribution in [2.24, 2.45) is 5.41 Å². The lowest BCUT2D eigenvalue weighted by Gasteiger charge is -2.35. The smallest absolute Gasteiger partial charge is 0.312 e. The Hall–Kier alpha value is -3.19. The highest BCUT2D eigenvalue weighted by molar-refractivity contribution is 5.86. The molecule has 1 saturated carbocycles. The fourth-order valence-electron chi connectivity index (χ4n) is 4.67. The van der Waals surface area contributed by atoms with E-state index in [1.165, 1.54) is 19.2 Å². The van der Waals surface area contributed by atoms with E-state index in [1.807, 2.05) is 49.4 Å². The number of halogens is 2. The maximum absolute atomic E-state index is 13.6. The van der Waals surface area contributed by atoms with E-state index >= 15 is 0 Å². The first-order valence-electron chi connectivity index (χ1n) is 11.7. The molecule has 0 spiro atoms. The van der Waals surface area contributed by atoms with E-state index in [2.05, 4.69) is 0 Å². The number of hydrogen-bond donors (Lipinski definition) is 1. The molecular formula is C28H30F2O5. The number of aliphatic hydroxyl groups excluding tert-OH is 1. The molecule has 0 atom stereocenters. The Bertz CT molecular complexity index is 1180. The van der Waals surface area contributed by atoms with Crippen LogP contribution in [0.25, 0.3) is 10.8 Å². The van der Waals surface area contributed by atoms with E-state index < -0.39 is 11.8 Å². The van der Waals surface area contributed by atoms with Crippen LogP contribution in [0.1, 0.15) is 55.7 Å². The number of rotatable bonds is 8. The molecule has 4 rings (SSSR count). The number of carbonyl (C=O) groups excluding carboxylic acids is 1. The van der Waals surface area contributed by atoms with Crippen molar-refractivity contribution in [3.8, 4) is 11.5 Å². The number of ether oxygens (including phenoxy) is 3. The van der Waals surface area contributed by atoms with Gasteiger partial charge in [0, 0.05) is 5.56 Å². The molecule has 0 heterocycles. The van der Waals surface area contributed by atoms with E-state index in [0.29, 0.717) is 31.2 Å². The maximum Gasteiger partial charge on any atom is 0.312 e. The lowest BCUT2D eigenvalue weighted by atomic mass is 9.74. The third-order valence-corrected chi connectivity index (χ3v) is 6.88. The van der Waals surface area contributed by atoms with Gasteiger partial charge in [0.25, 0.3) is 6.43 Å². The van der Waals surface area contributed by atoms with Gasteiger partial charge in [0.1, 0.15) is 18.1 Å². The van der Waals surface area contributed by atoms with Crippen LogP contribution in [-0.4, -0.2) is 24.3 Å². The molecule has 35 heavy (non-hydrogen) atoms. The molecule has 0 unspecified atom stereocenters. The van der Waals surface area contributed by atoms with E-state index in [-0.39, 0.29) is 42.3 Å². The van der Waals surface area contributed by atoms with E-state index in [4.69, 9.17) is 14.2 Å². The van der Waals surface area contributed by atoms with Gasteiger partial charge in [0.05, 0.1) is 30.8 Å². The van der Waals surface area contributed by atoms with E-state index in [9.17, 15) is 18.7 Å². The Morgan fingerprint density at radius 2 is 1.77 bits per heavy atom. The van der Waals surface area contributed by atoms with Gasteiger partial charge in [-0.1, -0.05) is 42.5 Å². The van der Waals surface area contributed by atoms with Gasteiger partial charge in [-0.3, -0.25) is 4.79 Å². The zero-order valence-corrected chi connectivity index (χ0v) is 19.9. The van der Waals surface area contributed by atoms with Crippen molar-refractivity contribution in [2.75, 3.05) is 7.11 Å². The summed E-state index contributed by atoms with van der Waals surface area (Å²) in [6.07, 6.45) is -0.944. The number of hydrogen-bond acceptors (Lipinski definition) is 5. The molecule has 5 nitrogen and oxygen atoms in total. The predicted octanol–water partition coefficient (Wildman–Crippen LogP) is 6.35. The summed E-state index contributed by atoms with van der Waals surface area (Å²) in [5.41, 5.74) is 0.397. The standard InChI is InChI=1S/C28H30F2O5/c1-28(27(32)34-17-19-8-5-7-18-6-3-4-9-22(18)19)12-10-21(11-13-28)35-25-14-20(16-31)24(33-2)15-23(25)26(29)30/h3-9,14-15,21,26,31H,10-13,16-17H2,1-2H3. The molecule has 1 fully saturated rings. The molecule has 0 saturated heterocycles. The number of esters is 1. The molecule has 0 aromatic heterocycles. The Kier molecular flexibility index (Phi) is 7.55. The molecular weight excluding hydrogens is 454 g/mol. The van der Waals surface area contributed by atoms with Gasteiger partial charge in [0.2, 0.25) is 0 Å². The van der Waals surface area contributed by atoms with Gasteiger partial charge >= 0.3 is 5.97 Å². The monoisotopic (exact) mass is 484 g/mol. The average molecular weight is 485 g/mol. The first kappa shape index (κ1) is 24.9. The highest BCUT2D eigenvalue weighted by atomic mass is 19.3.